The maximum atomic E-state index is 12.8. The molecular formula is C28H29N3O4. The first-order valence-corrected chi connectivity index (χ1v) is 11.4. The van der Waals surface area contributed by atoms with Crippen molar-refractivity contribution in [3.05, 3.63) is 82.7 Å². The fourth-order valence-corrected chi connectivity index (χ4v) is 3.71. The van der Waals surface area contributed by atoms with Crippen LogP contribution < -0.4 is 10.1 Å². The van der Waals surface area contributed by atoms with Crippen LogP contribution >= 0.6 is 0 Å². The summed E-state index contributed by atoms with van der Waals surface area (Å²) in [4.78, 5) is 24.7. The van der Waals surface area contributed by atoms with Crippen molar-refractivity contribution in [1.82, 2.24) is 4.57 Å². The number of amides is 1. The molecule has 7 nitrogen and oxygen atoms in total. The van der Waals surface area contributed by atoms with E-state index in [1.807, 2.05) is 62.6 Å². The number of nitriles is 1. The molecule has 7 heteroatoms. The highest BCUT2D eigenvalue weighted by atomic mass is 16.5. The molecule has 0 fully saturated rings. The number of esters is 1. The van der Waals surface area contributed by atoms with E-state index >= 15 is 0 Å². The number of carbonyl (C=O) groups excluding carboxylic acids is 2. The van der Waals surface area contributed by atoms with Gasteiger partial charge < -0.3 is 19.4 Å². The number of aromatic nitrogens is 1. The van der Waals surface area contributed by atoms with Gasteiger partial charge in [-0.2, -0.15) is 5.26 Å². The lowest BCUT2D eigenvalue weighted by Gasteiger charge is -2.11. The number of hydrogen-bond donors (Lipinski definition) is 1. The molecule has 0 unspecified atom stereocenters. The van der Waals surface area contributed by atoms with Crippen LogP contribution in [0.2, 0.25) is 0 Å². The summed E-state index contributed by atoms with van der Waals surface area (Å²) >= 11 is 0. The number of nitrogens with one attached hydrogen (secondary N) is 1. The van der Waals surface area contributed by atoms with Crippen molar-refractivity contribution in [2.75, 3.05) is 11.9 Å². The van der Waals surface area contributed by atoms with Crippen LogP contribution in [0.1, 0.15) is 48.1 Å². The first-order valence-electron chi connectivity index (χ1n) is 11.4. The molecule has 0 saturated heterocycles. The smallest absolute Gasteiger partial charge is 0.338 e. The number of benzene rings is 2. The van der Waals surface area contributed by atoms with Crippen molar-refractivity contribution in [3.63, 3.8) is 0 Å². The highest BCUT2D eigenvalue weighted by Gasteiger charge is 2.15. The van der Waals surface area contributed by atoms with E-state index < -0.39 is 5.91 Å². The molecule has 0 bridgehead atoms. The van der Waals surface area contributed by atoms with Gasteiger partial charge in [0.25, 0.3) is 5.91 Å². The van der Waals surface area contributed by atoms with E-state index in [1.165, 1.54) is 0 Å². The molecule has 1 N–H and O–H groups in total. The zero-order valence-corrected chi connectivity index (χ0v) is 20.6. The minimum Gasteiger partial charge on any atom is -0.491 e. The Balaban J connectivity index is 1.85. The summed E-state index contributed by atoms with van der Waals surface area (Å²) in [5.74, 6) is -0.231. The zero-order valence-electron chi connectivity index (χ0n) is 20.6. The zero-order chi connectivity index (χ0) is 25.5. The Morgan fingerprint density at radius 2 is 1.83 bits per heavy atom. The molecule has 3 rings (SSSR count). The lowest BCUT2D eigenvalue weighted by Crippen LogP contribution is -2.14. The van der Waals surface area contributed by atoms with Crippen molar-refractivity contribution in [1.29, 1.82) is 5.26 Å². The van der Waals surface area contributed by atoms with Gasteiger partial charge in [-0.1, -0.05) is 6.07 Å². The number of ether oxygens (including phenoxy) is 2. The Morgan fingerprint density at radius 3 is 2.46 bits per heavy atom. The molecule has 35 heavy (non-hydrogen) atoms. The Hall–Kier alpha value is -4.31. The van der Waals surface area contributed by atoms with Crippen LogP contribution in [0.4, 0.5) is 5.69 Å². The van der Waals surface area contributed by atoms with Crippen LogP contribution in [0.5, 0.6) is 5.75 Å². The molecule has 1 heterocycles. The largest absolute Gasteiger partial charge is 0.491 e. The van der Waals surface area contributed by atoms with E-state index in [0.717, 1.165) is 22.6 Å². The van der Waals surface area contributed by atoms with Gasteiger partial charge >= 0.3 is 5.97 Å². The van der Waals surface area contributed by atoms with Gasteiger partial charge in [0, 0.05) is 28.8 Å². The van der Waals surface area contributed by atoms with Crippen molar-refractivity contribution < 1.29 is 19.1 Å². The SMILES string of the molecule is CCOC(=O)c1ccc(-n2c(C)cc(/C=C(/C#N)C(=O)Nc3cccc(OC(C)C)c3)c2C)cc1. The number of rotatable bonds is 8. The molecule has 180 valence electrons. The quantitative estimate of drug-likeness (QED) is 0.262. The van der Waals surface area contributed by atoms with Crippen molar-refractivity contribution in [3.8, 4) is 17.5 Å². The fourth-order valence-electron chi connectivity index (χ4n) is 3.71. The van der Waals surface area contributed by atoms with Gasteiger partial charge in [-0.15, -0.1) is 0 Å². The summed E-state index contributed by atoms with van der Waals surface area (Å²) in [6.45, 7) is 9.79. The Labute approximate surface area is 205 Å². The average molecular weight is 472 g/mol. The molecule has 1 aromatic heterocycles. The lowest BCUT2D eigenvalue weighted by molar-refractivity contribution is -0.112. The number of aryl methyl sites for hydroxylation is 1. The molecule has 0 saturated carbocycles. The van der Waals surface area contributed by atoms with Gasteiger partial charge in [0.15, 0.2) is 0 Å². The van der Waals surface area contributed by atoms with Crippen LogP contribution in [0, 0.1) is 25.2 Å². The standard InChI is InChI=1S/C28H29N3O4/c1-6-34-28(33)21-10-12-25(13-11-21)31-19(4)14-22(20(31)5)15-23(17-29)27(32)30-24-8-7-9-26(16-24)35-18(2)3/h7-16,18H,6H2,1-5H3,(H,30,32)/b23-15-. The molecule has 0 aliphatic rings. The number of anilines is 1. The lowest BCUT2D eigenvalue weighted by atomic mass is 10.1. The van der Waals surface area contributed by atoms with Crippen LogP contribution in [0.25, 0.3) is 11.8 Å². The van der Waals surface area contributed by atoms with Crippen LogP contribution in [-0.4, -0.2) is 29.2 Å². The van der Waals surface area contributed by atoms with Gasteiger partial charge in [0.1, 0.15) is 17.4 Å². The Bertz CT molecular complexity index is 1290. The maximum absolute atomic E-state index is 12.8. The highest BCUT2D eigenvalue weighted by molar-refractivity contribution is 6.09. The predicted octanol–water partition coefficient (Wildman–Crippen LogP) is 5.60. The van der Waals surface area contributed by atoms with Crippen LogP contribution in [0.3, 0.4) is 0 Å². The first-order chi connectivity index (χ1) is 16.7. The number of nitrogens with zero attached hydrogens (tertiary/aromatic N) is 2. The molecular weight excluding hydrogens is 442 g/mol. The molecule has 0 spiro atoms. The summed E-state index contributed by atoms with van der Waals surface area (Å²) in [5, 5.41) is 12.4. The van der Waals surface area contributed by atoms with E-state index in [9.17, 15) is 14.9 Å². The topological polar surface area (TPSA) is 93.4 Å². The molecule has 3 aromatic rings. The summed E-state index contributed by atoms with van der Waals surface area (Å²) in [7, 11) is 0. The Morgan fingerprint density at radius 1 is 1.11 bits per heavy atom. The number of carbonyl (C=O) groups is 2. The van der Waals surface area contributed by atoms with E-state index in [4.69, 9.17) is 9.47 Å². The molecule has 0 aliphatic heterocycles. The normalized spacial score (nSPS) is 11.2. The van der Waals surface area contributed by atoms with Gasteiger partial charge in [0.2, 0.25) is 0 Å². The third-order valence-electron chi connectivity index (χ3n) is 5.24. The summed E-state index contributed by atoms with van der Waals surface area (Å²) < 4.78 is 12.7. The van der Waals surface area contributed by atoms with Gasteiger partial charge in [0.05, 0.1) is 18.3 Å². The third-order valence-corrected chi connectivity index (χ3v) is 5.24. The van der Waals surface area contributed by atoms with E-state index in [-0.39, 0.29) is 17.6 Å². The van der Waals surface area contributed by atoms with Gasteiger partial charge in [-0.25, -0.2) is 4.79 Å². The van der Waals surface area contributed by atoms with Crippen molar-refractivity contribution in [2.24, 2.45) is 0 Å². The van der Waals surface area contributed by atoms with Crippen LogP contribution in [-0.2, 0) is 9.53 Å². The molecule has 1 amide bonds. The molecule has 0 radical (unpaired) electrons. The third kappa shape index (κ3) is 6.18. The van der Waals surface area contributed by atoms with Gasteiger partial charge in [-0.3, -0.25) is 4.79 Å². The van der Waals surface area contributed by atoms with E-state index in [1.54, 1.807) is 43.3 Å². The van der Waals surface area contributed by atoms with E-state index in [2.05, 4.69) is 5.32 Å². The molecule has 0 atom stereocenters. The van der Waals surface area contributed by atoms with Crippen LogP contribution in [0.15, 0.2) is 60.2 Å². The van der Waals surface area contributed by atoms with Crippen molar-refractivity contribution >= 4 is 23.6 Å². The van der Waals surface area contributed by atoms with Crippen molar-refractivity contribution in [2.45, 2.75) is 40.7 Å². The fraction of sp³-hybridized carbons (Fsp3) is 0.250. The highest BCUT2D eigenvalue weighted by Crippen LogP contribution is 2.24. The first kappa shape index (κ1) is 25.3. The second kappa shape index (κ2) is 11.2. The number of hydrogen-bond acceptors (Lipinski definition) is 5. The summed E-state index contributed by atoms with van der Waals surface area (Å²) in [6.07, 6.45) is 1.59. The monoisotopic (exact) mass is 471 g/mol. The average Bonchev–Trinajstić information content (AvgIpc) is 3.10. The molecule has 0 aliphatic carbocycles. The maximum Gasteiger partial charge on any atom is 0.338 e. The van der Waals surface area contributed by atoms with E-state index in [0.29, 0.717) is 23.6 Å². The minimum atomic E-state index is -0.502. The summed E-state index contributed by atoms with van der Waals surface area (Å²) in [6, 6.07) is 18.1. The molecule has 2 aromatic carbocycles. The second-order valence-electron chi connectivity index (χ2n) is 8.25. The summed E-state index contributed by atoms with van der Waals surface area (Å²) in [5.41, 5.74) is 4.40. The second-order valence-corrected chi connectivity index (χ2v) is 8.25. The predicted molar refractivity (Wildman–Crippen MR) is 136 cm³/mol. The Kier molecular flexibility index (Phi) is 8.11. The minimum absolute atomic E-state index is 0.00661. The van der Waals surface area contributed by atoms with Gasteiger partial charge in [-0.05, 0) is 88.7 Å².